The molecular formula is C21H32N4O2. The van der Waals surface area contributed by atoms with Crippen molar-refractivity contribution in [2.45, 2.75) is 65.3 Å². The van der Waals surface area contributed by atoms with Gasteiger partial charge < -0.3 is 10.6 Å². The smallest absolute Gasteiger partial charge is 0.239 e. The summed E-state index contributed by atoms with van der Waals surface area (Å²) in [5, 5.41) is 10.3. The number of aryl methyl sites for hydroxylation is 3. The molecular weight excluding hydrogens is 340 g/mol. The Morgan fingerprint density at radius 1 is 1.11 bits per heavy atom. The van der Waals surface area contributed by atoms with Crippen molar-refractivity contribution in [3.05, 3.63) is 17.5 Å². The lowest BCUT2D eigenvalue weighted by Crippen LogP contribution is -2.54. The van der Waals surface area contributed by atoms with Gasteiger partial charge in [-0.1, -0.05) is 0 Å². The summed E-state index contributed by atoms with van der Waals surface area (Å²) in [6, 6.07) is 2.05. The van der Waals surface area contributed by atoms with E-state index in [2.05, 4.69) is 21.8 Å². The number of carbonyl (C=O) groups excluding carboxylic acids is 2. The van der Waals surface area contributed by atoms with Gasteiger partial charge in [0.25, 0.3) is 0 Å². The number of carbonyl (C=O) groups is 2. The molecule has 0 spiro atoms. The maximum Gasteiger partial charge on any atom is 0.239 e. The second-order valence-corrected chi connectivity index (χ2v) is 9.23. The van der Waals surface area contributed by atoms with Crippen molar-refractivity contribution >= 4 is 11.8 Å². The zero-order valence-corrected chi connectivity index (χ0v) is 16.6. The standard InChI is InChI=1S/C21H32N4O2/c1-14-6-15(2)25(24-14)5-3-4-22-19(26)13-23-20(27)21-10-16-7-17(11-21)9-18(8-16)12-21/h6,16-18H,3-5,7-13H2,1-2H3,(H,22,26)(H,23,27). The third-order valence-corrected chi connectivity index (χ3v) is 6.90. The largest absolute Gasteiger partial charge is 0.355 e. The number of nitrogens with zero attached hydrogens (tertiary/aromatic N) is 2. The first-order valence-corrected chi connectivity index (χ1v) is 10.5. The van der Waals surface area contributed by atoms with Gasteiger partial charge in [-0.25, -0.2) is 0 Å². The number of nitrogens with one attached hydrogen (secondary N) is 2. The molecule has 1 aromatic rings. The molecule has 6 nitrogen and oxygen atoms in total. The number of rotatable bonds is 7. The van der Waals surface area contributed by atoms with Crippen LogP contribution >= 0.6 is 0 Å². The Balaban J connectivity index is 1.18. The van der Waals surface area contributed by atoms with E-state index in [4.69, 9.17) is 0 Å². The van der Waals surface area contributed by atoms with Crippen LogP contribution in [-0.2, 0) is 16.1 Å². The fraction of sp³-hybridized carbons (Fsp3) is 0.762. The first-order chi connectivity index (χ1) is 12.9. The molecule has 0 aromatic carbocycles. The fourth-order valence-corrected chi connectivity index (χ4v) is 6.16. The van der Waals surface area contributed by atoms with Crippen LogP contribution in [0.15, 0.2) is 6.07 Å². The number of aromatic nitrogens is 2. The van der Waals surface area contributed by atoms with Crippen LogP contribution < -0.4 is 10.6 Å². The van der Waals surface area contributed by atoms with Crippen molar-refractivity contribution in [3.8, 4) is 0 Å². The van der Waals surface area contributed by atoms with E-state index in [1.807, 2.05) is 18.5 Å². The van der Waals surface area contributed by atoms with Gasteiger partial charge in [0.15, 0.2) is 0 Å². The number of hydrogen-bond donors (Lipinski definition) is 2. The fourth-order valence-electron chi connectivity index (χ4n) is 6.16. The van der Waals surface area contributed by atoms with E-state index in [1.54, 1.807) is 0 Å². The molecule has 0 unspecified atom stereocenters. The van der Waals surface area contributed by atoms with Crippen LogP contribution in [0.25, 0.3) is 0 Å². The van der Waals surface area contributed by atoms with E-state index in [-0.39, 0.29) is 23.8 Å². The number of amides is 2. The van der Waals surface area contributed by atoms with Crippen LogP contribution in [0.4, 0.5) is 0 Å². The summed E-state index contributed by atoms with van der Waals surface area (Å²) in [5.41, 5.74) is 1.98. The minimum atomic E-state index is -0.176. The second-order valence-electron chi connectivity index (χ2n) is 9.23. The van der Waals surface area contributed by atoms with E-state index in [0.29, 0.717) is 6.54 Å². The van der Waals surface area contributed by atoms with Gasteiger partial charge in [0, 0.05) is 24.2 Å². The molecule has 4 saturated carbocycles. The van der Waals surface area contributed by atoms with Crippen molar-refractivity contribution in [3.63, 3.8) is 0 Å². The predicted octanol–water partition coefficient (Wildman–Crippen LogP) is 2.34. The lowest BCUT2D eigenvalue weighted by atomic mass is 9.49. The Morgan fingerprint density at radius 2 is 1.74 bits per heavy atom. The average molecular weight is 373 g/mol. The lowest BCUT2D eigenvalue weighted by Gasteiger charge is -2.55. The van der Waals surface area contributed by atoms with Gasteiger partial charge in [0.2, 0.25) is 11.8 Å². The molecule has 4 aliphatic carbocycles. The monoisotopic (exact) mass is 372 g/mol. The zero-order chi connectivity index (χ0) is 19.0. The molecule has 2 amide bonds. The lowest BCUT2D eigenvalue weighted by molar-refractivity contribution is -0.147. The summed E-state index contributed by atoms with van der Waals surface area (Å²) in [6.45, 7) is 5.51. The average Bonchev–Trinajstić information content (AvgIpc) is 2.92. The molecule has 27 heavy (non-hydrogen) atoms. The summed E-state index contributed by atoms with van der Waals surface area (Å²) >= 11 is 0. The van der Waals surface area contributed by atoms with Crippen LogP contribution in [-0.4, -0.2) is 34.7 Å². The number of hydrogen-bond acceptors (Lipinski definition) is 3. The van der Waals surface area contributed by atoms with Gasteiger partial charge in [-0.3, -0.25) is 14.3 Å². The van der Waals surface area contributed by atoms with Gasteiger partial charge >= 0.3 is 0 Å². The molecule has 0 aliphatic heterocycles. The summed E-state index contributed by atoms with van der Waals surface area (Å²) < 4.78 is 1.97. The van der Waals surface area contributed by atoms with Gasteiger partial charge in [-0.05, 0) is 82.6 Å². The summed E-state index contributed by atoms with van der Waals surface area (Å²) in [7, 11) is 0. The van der Waals surface area contributed by atoms with E-state index >= 15 is 0 Å². The molecule has 5 rings (SSSR count). The van der Waals surface area contributed by atoms with Crippen molar-refractivity contribution in [2.75, 3.05) is 13.1 Å². The molecule has 0 saturated heterocycles. The SMILES string of the molecule is Cc1cc(C)n(CCCNC(=O)CNC(=O)C23CC4CC(CC(C4)C2)C3)n1. The first-order valence-electron chi connectivity index (χ1n) is 10.5. The summed E-state index contributed by atoms with van der Waals surface area (Å²) in [6.07, 6.45) is 7.91. The molecule has 4 fully saturated rings. The molecule has 0 atom stereocenters. The zero-order valence-electron chi connectivity index (χ0n) is 16.6. The molecule has 1 heterocycles. The van der Waals surface area contributed by atoms with Crippen molar-refractivity contribution in [1.29, 1.82) is 0 Å². The molecule has 2 N–H and O–H groups in total. The van der Waals surface area contributed by atoms with Crippen LogP contribution in [0.2, 0.25) is 0 Å². The summed E-state index contributed by atoms with van der Waals surface area (Å²) in [4.78, 5) is 25.0. The predicted molar refractivity (Wildman–Crippen MR) is 103 cm³/mol. The van der Waals surface area contributed by atoms with Crippen LogP contribution in [0.1, 0.15) is 56.3 Å². The maximum atomic E-state index is 12.9. The molecule has 148 valence electrons. The highest BCUT2D eigenvalue weighted by Crippen LogP contribution is 2.60. The van der Waals surface area contributed by atoms with Gasteiger partial charge in [0.1, 0.15) is 0 Å². The third-order valence-electron chi connectivity index (χ3n) is 6.90. The molecule has 1 aromatic heterocycles. The molecule has 4 bridgehead atoms. The molecule has 0 radical (unpaired) electrons. The van der Waals surface area contributed by atoms with Crippen LogP contribution in [0, 0.1) is 37.0 Å². The highest BCUT2D eigenvalue weighted by molar-refractivity contribution is 5.88. The minimum Gasteiger partial charge on any atom is -0.355 e. The van der Waals surface area contributed by atoms with E-state index in [0.717, 1.165) is 61.4 Å². The Labute approximate surface area is 161 Å². The first kappa shape index (κ1) is 18.5. The normalized spacial score (nSPS) is 31.1. The third kappa shape index (κ3) is 3.90. The summed E-state index contributed by atoms with van der Waals surface area (Å²) in [5.74, 6) is 2.25. The van der Waals surface area contributed by atoms with E-state index < -0.39 is 0 Å². The van der Waals surface area contributed by atoms with Crippen molar-refractivity contribution in [2.24, 2.45) is 23.2 Å². The quantitative estimate of drug-likeness (QED) is 0.722. The Kier molecular flexibility index (Phi) is 4.99. The van der Waals surface area contributed by atoms with E-state index in [9.17, 15) is 9.59 Å². The Bertz CT molecular complexity index is 688. The Morgan fingerprint density at radius 3 is 2.30 bits per heavy atom. The highest BCUT2D eigenvalue weighted by Gasteiger charge is 2.54. The van der Waals surface area contributed by atoms with Gasteiger partial charge in [-0.2, -0.15) is 5.10 Å². The molecule has 4 aliphatic rings. The van der Waals surface area contributed by atoms with Crippen molar-refractivity contribution in [1.82, 2.24) is 20.4 Å². The van der Waals surface area contributed by atoms with Gasteiger partial charge in [0.05, 0.1) is 12.2 Å². The van der Waals surface area contributed by atoms with E-state index in [1.165, 1.54) is 19.3 Å². The van der Waals surface area contributed by atoms with Crippen molar-refractivity contribution < 1.29 is 9.59 Å². The topological polar surface area (TPSA) is 76.0 Å². The highest BCUT2D eigenvalue weighted by atomic mass is 16.2. The van der Waals surface area contributed by atoms with Gasteiger partial charge in [-0.15, -0.1) is 0 Å². The van der Waals surface area contributed by atoms with Crippen LogP contribution in [0.3, 0.4) is 0 Å². The second kappa shape index (κ2) is 7.28. The minimum absolute atomic E-state index is 0.0959. The Hall–Kier alpha value is -1.85. The van der Waals surface area contributed by atoms with Crippen LogP contribution in [0.5, 0.6) is 0 Å². The maximum absolute atomic E-state index is 12.9. The molecule has 6 heteroatoms.